The molecule has 6 N–H and O–H groups in total. The van der Waals surface area contributed by atoms with Crippen LogP contribution in [-0.4, -0.2) is 26.5 Å². The highest BCUT2D eigenvalue weighted by Crippen LogP contribution is 2.31. The van der Waals surface area contributed by atoms with Gasteiger partial charge in [0.15, 0.2) is 0 Å². The van der Waals surface area contributed by atoms with E-state index in [9.17, 15) is 27.6 Å². The van der Waals surface area contributed by atoms with E-state index < -0.39 is 35.8 Å². The number of halogens is 3. The van der Waals surface area contributed by atoms with Gasteiger partial charge in [0.05, 0.1) is 23.5 Å². The van der Waals surface area contributed by atoms with Crippen molar-refractivity contribution in [2.45, 2.75) is 39.7 Å². The number of carbonyl (C=O) groups excluding carboxylic acids is 2. The van der Waals surface area contributed by atoms with Crippen molar-refractivity contribution in [1.82, 2.24) is 30.6 Å². The Morgan fingerprint density at radius 1 is 1.05 bits per heavy atom. The summed E-state index contributed by atoms with van der Waals surface area (Å²) in [4.78, 5) is 45.5. The molecule has 0 spiro atoms. The summed E-state index contributed by atoms with van der Waals surface area (Å²) in [6.45, 7) is 2.68. The average molecular weight is 519 g/mol. The molecule has 3 rings (SSSR count). The van der Waals surface area contributed by atoms with Gasteiger partial charge in [-0.1, -0.05) is 18.2 Å². The zero-order valence-electron chi connectivity index (χ0n) is 19.9. The monoisotopic (exact) mass is 518 g/mol. The second-order valence-corrected chi connectivity index (χ2v) is 7.99. The van der Waals surface area contributed by atoms with Gasteiger partial charge < -0.3 is 16.4 Å². The number of anilines is 2. The molecule has 0 atom stereocenters. The van der Waals surface area contributed by atoms with Crippen molar-refractivity contribution >= 4 is 23.4 Å². The second-order valence-electron chi connectivity index (χ2n) is 7.99. The third-order valence-electron chi connectivity index (χ3n) is 5.21. The predicted octanol–water partition coefficient (Wildman–Crippen LogP) is 2.00. The largest absolute Gasteiger partial charge is 0.416 e. The number of rotatable bonds is 8. The van der Waals surface area contributed by atoms with Gasteiger partial charge in [-0.2, -0.15) is 13.2 Å². The van der Waals surface area contributed by atoms with Gasteiger partial charge in [0.1, 0.15) is 6.54 Å². The van der Waals surface area contributed by atoms with Crippen molar-refractivity contribution in [1.29, 1.82) is 0 Å². The molecule has 3 aromatic rings. The zero-order valence-corrected chi connectivity index (χ0v) is 19.9. The third kappa shape index (κ3) is 7.19. The summed E-state index contributed by atoms with van der Waals surface area (Å²) < 4.78 is 40.4. The quantitative estimate of drug-likeness (QED) is 0.286. The number of nitrogens with two attached hydrogens (primary N) is 1. The Labute approximate surface area is 209 Å². The number of hydrazine groups is 1. The van der Waals surface area contributed by atoms with E-state index in [2.05, 4.69) is 31.5 Å². The maximum Gasteiger partial charge on any atom is 0.416 e. The maximum absolute atomic E-state index is 13.1. The first-order chi connectivity index (χ1) is 17.5. The van der Waals surface area contributed by atoms with Crippen molar-refractivity contribution in [3.63, 3.8) is 0 Å². The molecule has 0 saturated heterocycles. The Bertz CT molecular complexity index is 1360. The molecule has 0 unspecified atom stereocenters. The number of hydrogen-bond donors (Lipinski definition) is 5. The van der Waals surface area contributed by atoms with Crippen LogP contribution in [0.15, 0.2) is 47.4 Å². The van der Waals surface area contributed by atoms with Crippen LogP contribution in [0.5, 0.6) is 0 Å². The Balaban J connectivity index is 1.59. The number of amides is 3. The first-order valence-electron chi connectivity index (χ1n) is 11.0. The molecule has 0 aliphatic carbocycles. The fraction of sp³-hybridized carbons (Fsp3) is 0.261. The number of carbonyl (C=O) groups is 2. The third-order valence-corrected chi connectivity index (χ3v) is 5.21. The maximum atomic E-state index is 13.1. The molecule has 14 heteroatoms. The molecular weight excluding hydrogens is 493 g/mol. The van der Waals surface area contributed by atoms with Crippen LogP contribution in [0.4, 0.5) is 29.5 Å². The van der Waals surface area contributed by atoms with Crippen LogP contribution in [0, 0.1) is 13.8 Å². The smallest absolute Gasteiger partial charge is 0.397 e. The van der Waals surface area contributed by atoms with Crippen LogP contribution in [0.3, 0.4) is 0 Å². The van der Waals surface area contributed by atoms with Crippen molar-refractivity contribution in [2.75, 3.05) is 11.2 Å². The average Bonchev–Trinajstić information content (AvgIpc) is 2.85. The van der Waals surface area contributed by atoms with Crippen molar-refractivity contribution in [3.05, 3.63) is 81.2 Å². The number of aryl methyl sites for hydroxylation is 2. The van der Waals surface area contributed by atoms with Crippen LogP contribution in [-0.2, 0) is 30.6 Å². The van der Waals surface area contributed by atoms with Gasteiger partial charge in [0.2, 0.25) is 11.7 Å². The molecule has 2 aromatic heterocycles. The minimum absolute atomic E-state index is 0.0650. The first kappa shape index (κ1) is 27.0. The molecule has 0 saturated carbocycles. The summed E-state index contributed by atoms with van der Waals surface area (Å²) in [6.07, 6.45) is -3.25. The van der Waals surface area contributed by atoms with Crippen LogP contribution in [0.2, 0.25) is 0 Å². The van der Waals surface area contributed by atoms with Crippen molar-refractivity contribution in [2.24, 2.45) is 0 Å². The van der Waals surface area contributed by atoms with E-state index in [1.165, 1.54) is 24.4 Å². The molecular formula is C23H25F3N8O3. The summed E-state index contributed by atoms with van der Waals surface area (Å²) in [5.74, 6) is -0.784. The molecule has 0 bridgehead atoms. The minimum atomic E-state index is -4.57. The lowest BCUT2D eigenvalue weighted by Crippen LogP contribution is -2.42. The lowest BCUT2D eigenvalue weighted by molar-refractivity contribution is -0.138. The molecule has 2 heterocycles. The highest BCUT2D eigenvalue weighted by atomic mass is 19.4. The van der Waals surface area contributed by atoms with Crippen molar-refractivity contribution < 1.29 is 22.8 Å². The van der Waals surface area contributed by atoms with Gasteiger partial charge in [-0.15, -0.1) is 0 Å². The molecule has 0 aliphatic rings. The Kier molecular flexibility index (Phi) is 8.32. The van der Waals surface area contributed by atoms with Gasteiger partial charge in [-0.05, 0) is 37.6 Å². The fourth-order valence-corrected chi connectivity index (χ4v) is 3.28. The molecule has 0 aliphatic heterocycles. The minimum Gasteiger partial charge on any atom is -0.397 e. The molecule has 0 fully saturated rings. The van der Waals surface area contributed by atoms with Crippen LogP contribution < -0.4 is 32.8 Å². The van der Waals surface area contributed by atoms with Gasteiger partial charge in [0, 0.05) is 24.1 Å². The summed E-state index contributed by atoms with van der Waals surface area (Å²) >= 11 is 0. The number of benzene rings is 1. The van der Waals surface area contributed by atoms with E-state index >= 15 is 0 Å². The number of hydrogen-bond acceptors (Lipinski definition) is 7. The number of nitrogens with zero attached hydrogens (tertiary/aromatic N) is 3. The number of urea groups is 1. The molecule has 37 heavy (non-hydrogen) atoms. The highest BCUT2D eigenvalue weighted by molar-refractivity contribution is 5.76. The second kappa shape index (κ2) is 11.4. The number of nitrogens with one attached hydrogen (secondary N) is 4. The van der Waals surface area contributed by atoms with E-state index in [1.807, 2.05) is 0 Å². The number of pyridine rings is 1. The first-order valence-corrected chi connectivity index (χ1v) is 11.0. The lowest BCUT2D eigenvalue weighted by Gasteiger charge is -2.15. The number of aromatic nitrogens is 3. The fourth-order valence-electron chi connectivity index (χ4n) is 3.28. The summed E-state index contributed by atoms with van der Waals surface area (Å²) in [5.41, 5.74) is 10.6. The molecule has 11 nitrogen and oxygen atoms in total. The van der Waals surface area contributed by atoms with Gasteiger partial charge >= 0.3 is 12.2 Å². The van der Waals surface area contributed by atoms with Gasteiger partial charge in [0.25, 0.3) is 5.56 Å². The molecule has 3 amide bonds. The summed E-state index contributed by atoms with van der Waals surface area (Å²) in [7, 11) is 0. The van der Waals surface area contributed by atoms with E-state index in [4.69, 9.17) is 5.73 Å². The van der Waals surface area contributed by atoms with E-state index in [-0.39, 0.29) is 24.5 Å². The highest BCUT2D eigenvalue weighted by Gasteiger charge is 2.32. The number of alkyl halides is 3. The van der Waals surface area contributed by atoms with Crippen LogP contribution in [0.25, 0.3) is 0 Å². The normalized spacial score (nSPS) is 11.1. The molecule has 0 radical (unpaired) electrons. The van der Waals surface area contributed by atoms with E-state index in [0.717, 1.165) is 16.3 Å². The molecule has 196 valence electrons. The Morgan fingerprint density at radius 3 is 2.51 bits per heavy atom. The predicted molar refractivity (Wildman–Crippen MR) is 129 cm³/mol. The SMILES string of the molecule is Cc1ccc(N)c(CNC(=O)Cn2c(C)cnc(NNC(=O)NCc3ccccc3C(F)(F)F)c2=O)n1. The van der Waals surface area contributed by atoms with Crippen molar-refractivity contribution in [3.8, 4) is 0 Å². The Hall–Kier alpha value is -4.62. The van der Waals surface area contributed by atoms with Gasteiger partial charge in [-0.25, -0.2) is 9.78 Å². The topological polar surface area (TPSA) is 156 Å². The summed E-state index contributed by atoms with van der Waals surface area (Å²) in [5, 5.41) is 4.92. The van der Waals surface area contributed by atoms with E-state index in [1.54, 1.807) is 26.0 Å². The van der Waals surface area contributed by atoms with Gasteiger partial charge in [-0.3, -0.25) is 30.0 Å². The van der Waals surface area contributed by atoms with E-state index in [0.29, 0.717) is 17.1 Å². The summed E-state index contributed by atoms with van der Waals surface area (Å²) in [6, 6.07) is 7.34. The zero-order chi connectivity index (χ0) is 27.2. The standard InChI is InChI=1S/C23H25F3N8O3/c1-13-7-8-17(27)18(31-13)11-28-19(35)12-34-14(2)9-29-20(21(34)36)32-33-22(37)30-10-15-5-3-4-6-16(15)23(24,25)26/h3-9H,10-12,27H2,1-2H3,(H,28,35)(H,29,32)(H2,30,33,37). The molecule has 1 aromatic carbocycles. The Morgan fingerprint density at radius 2 is 1.78 bits per heavy atom. The lowest BCUT2D eigenvalue weighted by atomic mass is 10.1. The number of nitrogen functional groups attached to an aromatic ring is 1. The van der Waals surface area contributed by atoms with Crippen LogP contribution in [0.1, 0.15) is 28.2 Å². The van der Waals surface area contributed by atoms with Crippen LogP contribution >= 0.6 is 0 Å².